The minimum atomic E-state index is -1.12. The van der Waals surface area contributed by atoms with Crippen molar-refractivity contribution in [2.45, 2.75) is 0 Å². The molecule has 2 amide bonds. The van der Waals surface area contributed by atoms with E-state index in [1.54, 1.807) is 0 Å². The van der Waals surface area contributed by atoms with Gasteiger partial charge in [-0.3, -0.25) is 0 Å². The molecule has 0 saturated carbocycles. The van der Waals surface area contributed by atoms with Crippen LogP contribution in [0.1, 0.15) is 0 Å². The number of nitrogens with zero attached hydrogens (tertiary/aromatic N) is 1. The van der Waals surface area contributed by atoms with Crippen LogP contribution in [-0.2, 0) is 4.57 Å². The fourth-order valence-corrected chi connectivity index (χ4v) is 0.387. The lowest BCUT2D eigenvalue weighted by molar-refractivity contribution is 0.249. The average molecular weight is 120 g/mol. The van der Waals surface area contributed by atoms with Crippen LogP contribution in [0.2, 0.25) is 0 Å². The van der Waals surface area contributed by atoms with Gasteiger partial charge in [-0.2, -0.15) is 0 Å². The van der Waals surface area contributed by atoms with Crippen LogP contribution in [0.25, 0.3) is 0 Å². The van der Waals surface area contributed by atoms with Crippen molar-refractivity contribution in [1.82, 2.24) is 11.1 Å². The second kappa shape index (κ2) is 3.68. The van der Waals surface area contributed by atoms with Crippen LogP contribution in [0.3, 0.4) is 0 Å². The molecule has 4 nitrogen and oxygen atoms in total. The number of carbonyl (C=O) groups excluding carboxylic acids is 1. The molecule has 0 rings (SSSR count). The Kier molecular flexibility index (Phi) is 3.42. The predicted octanol–water partition coefficient (Wildman–Crippen LogP) is -0.522. The standard InChI is InChI=1S/C2H5N2O2P/c3-2(5)4-1-7-6/h1,7H2,(H,4,5). The molecule has 0 aliphatic heterocycles. The summed E-state index contributed by atoms with van der Waals surface area (Å²) in [4.78, 5) is 9.52. The fourth-order valence-electron chi connectivity index (χ4n) is 0.129. The maximum atomic E-state index is 9.59. The number of urea groups is 1. The zero-order chi connectivity index (χ0) is 5.70. The highest BCUT2D eigenvalue weighted by Crippen LogP contribution is 1.82. The molecule has 1 atom stereocenters. The Labute approximate surface area is 42.3 Å². The normalized spacial score (nSPS) is 9.71. The number of hydrogen-bond acceptors (Lipinski definition) is 2. The highest BCUT2D eigenvalue weighted by molar-refractivity contribution is 7.23. The van der Waals surface area contributed by atoms with Gasteiger partial charge < -0.3 is 9.88 Å². The topological polar surface area (TPSA) is 68.5 Å². The quantitative estimate of drug-likeness (QED) is 0.498. The van der Waals surface area contributed by atoms with Crippen molar-refractivity contribution in [2.24, 2.45) is 0 Å². The molecule has 0 saturated heterocycles. The molecule has 0 fully saturated rings. The maximum absolute atomic E-state index is 9.59. The summed E-state index contributed by atoms with van der Waals surface area (Å²) in [5.74, 6) is 0. The van der Waals surface area contributed by atoms with E-state index in [0.717, 1.165) is 0 Å². The SMILES string of the molecule is [N]C(=O)NC[PH2]=O. The largest absolute Gasteiger partial charge is 0.360 e. The molecular weight excluding hydrogens is 115 g/mol. The molecule has 0 aromatic rings. The molecule has 0 spiro atoms. The van der Waals surface area contributed by atoms with Crippen molar-refractivity contribution in [2.75, 3.05) is 6.29 Å². The van der Waals surface area contributed by atoms with E-state index in [-0.39, 0.29) is 6.29 Å². The molecule has 1 unspecified atom stereocenters. The van der Waals surface area contributed by atoms with E-state index >= 15 is 0 Å². The van der Waals surface area contributed by atoms with Gasteiger partial charge in [-0.25, -0.2) is 4.79 Å². The number of hydrogen-bond donors (Lipinski definition) is 1. The lowest BCUT2D eigenvalue weighted by Gasteiger charge is -1.85. The Balaban J connectivity index is 2.97. The van der Waals surface area contributed by atoms with Crippen LogP contribution in [0.4, 0.5) is 4.79 Å². The second-order valence-corrected chi connectivity index (χ2v) is 1.59. The molecule has 5 heteroatoms. The van der Waals surface area contributed by atoms with E-state index in [2.05, 4.69) is 0 Å². The molecule has 0 heterocycles. The zero-order valence-corrected chi connectivity index (χ0v) is 4.70. The Hall–Kier alpha value is -0.500. The third-order valence-corrected chi connectivity index (χ3v) is 0.707. The Bertz CT molecular complexity index is 83.8. The summed E-state index contributed by atoms with van der Waals surface area (Å²) >= 11 is 0. The van der Waals surface area contributed by atoms with E-state index < -0.39 is 14.5 Å². The van der Waals surface area contributed by atoms with Gasteiger partial charge in [0.05, 0.1) is 14.7 Å². The molecule has 0 aliphatic rings. The highest BCUT2D eigenvalue weighted by Gasteiger charge is 1.87. The molecule has 0 aromatic heterocycles. The van der Waals surface area contributed by atoms with Gasteiger partial charge in [-0.05, 0) is 0 Å². The van der Waals surface area contributed by atoms with E-state index in [9.17, 15) is 9.36 Å². The van der Waals surface area contributed by atoms with Gasteiger partial charge in [0.1, 0.15) is 0 Å². The molecule has 2 radical (unpaired) electrons. The van der Waals surface area contributed by atoms with Crippen LogP contribution >= 0.6 is 8.46 Å². The van der Waals surface area contributed by atoms with Crippen LogP contribution in [0, 0.1) is 0 Å². The first-order valence-electron chi connectivity index (χ1n) is 1.68. The summed E-state index contributed by atoms with van der Waals surface area (Å²) in [5.41, 5.74) is 7.81. The average Bonchev–Trinajstić information content (AvgIpc) is 1.61. The summed E-state index contributed by atoms with van der Waals surface area (Å²) in [7, 11) is -0.981. The lowest BCUT2D eigenvalue weighted by atomic mass is 11.0. The smallest absolute Gasteiger partial charge is 0.328 e. The summed E-state index contributed by atoms with van der Waals surface area (Å²) in [6.45, 7) is 0. The maximum Gasteiger partial charge on any atom is 0.360 e. The van der Waals surface area contributed by atoms with Gasteiger partial charge in [0, 0.05) is 0 Å². The highest BCUT2D eigenvalue weighted by atomic mass is 31.1. The lowest BCUT2D eigenvalue weighted by Crippen LogP contribution is -2.19. The van der Waals surface area contributed by atoms with Gasteiger partial charge in [0.25, 0.3) is 0 Å². The first-order valence-corrected chi connectivity index (χ1v) is 2.96. The van der Waals surface area contributed by atoms with Gasteiger partial charge in [-0.1, -0.05) is 5.73 Å². The van der Waals surface area contributed by atoms with E-state index in [1.807, 2.05) is 5.32 Å². The van der Waals surface area contributed by atoms with E-state index in [0.29, 0.717) is 0 Å². The molecule has 0 aliphatic carbocycles. The minimum Gasteiger partial charge on any atom is -0.328 e. The van der Waals surface area contributed by atoms with Crippen molar-refractivity contribution in [1.29, 1.82) is 0 Å². The molecule has 1 N–H and O–H groups in total. The van der Waals surface area contributed by atoms with Crippen molar-refractivity contribution in [3.8, 4) is 0 Å². The van der Waals surface area contributed by atoms with Gasteiger partial charge >= 0.3 is 6.03 Å². The third-order valence-electron chi connectivity index (χ3n) is 0.337. The van der Waals surface area contributed by atoms with Crippen molar-refractivity contribution < 1.29 is 9.36 Å². The van der Waals surface area contributed by atoms with Crippen LogP contribution in [-0.4, -0.2) is 12.3 Å². The van der Waals surface area contributed by atoms with Crippen molar-refractivity contribution in [3.05, 3.63) is 0 Å². The van der Waals surface area contributed by atoms with Crippen molar-refractivity contribution >= 4 is 14.5 Å². The monoisotopic (exact) mass is 120 g/mol. The van der Waals surface area contributed by atoms with Crippen LogP contribution in [0.15, 0.2) is 0 Å². The number of nitrogens with one attached hydrogen (secondary N) is 1. The second-order valence-electron chi connectivity index (χ2n) is 0.853. The van der Waals surface area contributed by atoms with Gasteiger partial charge in [0.15, 0.2) is 0 Å². The molecular formula is C2H5N2O2P. The van der Waals surface area contributed by atoms with Gasteiger partial charge in [-0.15, -0.1) is 0 Å². The summed E-state index contributed by atoms with van der Waals surface area (Å²) < 4.78 is 9.59. The fraction of sp³-hybridized carbons (Fsp3) is 0.500. The Morgan fingerprint density at radius 3 is 2.57 bits per heavy atom. The predicted molar refractivity (Wildman–Crippen MR) is 25.9 cm³/mol. The number of amides is 2. The molecule has 7 heavy (non-hydrogen) atoms. The first-order chi connectivity index (χ1) is 3.27. The minimum absolute atomic E-state index is 0.0787. The zero-order valence-electron chi connectivity index (χ0n) is 3.55. The first kappa shape index (κ1) is 6.50. The number of rotatable bonds is 2. The van der Waals surface area contributed by atoms with E-state index in [1.165, 1.54) is 0 Å². The van der Waals surface area contributed by atoms with Crippen molar-refractivity contribution in [3.63, 3.8) is 0 Å². The summed E-state index contributed by atoms with van der Waals surface area (Å²) in [6, 6.07) is -1.12. The van der Waals surface area contributed by atoms with Crippen LogP contribution in [0.5, 0.6) is 0 Å². The Morgan fingerprint density at radius 2 is 2.43 bits per heavy atom. The van der Waals surface area contributed by atoms with E-state index in [4.69, 9.17) is 5.73 Å². The molecule has 0 bridgehead atoms. The molecule has 40 valence electrons. The number of carbonyl (C=O) groups is 1. The Morgan fingerprint density at radius 1 is 1.86 bits per heavy atom. The molecule has 0 aromatic carbocycles. The summed E-state index contributed by atoms with van der Waals surface area (Å²) in [5, 5.41) is 1.94. The van der Waals surface area contributed by atoms with Crippen LogP contribution < -0.4 is 11.1 Å². The third kappa shape index (κ3) is 5.50. The van der Waals surface area contributed by atoms with Gasteiger partial charge in [0.2, 0.25) is 0 Å². The summed E-state index contributed by atoms with van der Waals surface area (Å²) in [6.07, 6.45) is 0.0787.